The molecule has 1 aromatic heterocycles. The van der Waals surface area contributed by atoms with Crippen molar-refractivity contribution in [3.8, 4) is 5.75 Å². The molecule has 2 N–H and O–H groups in total. The molecule has 1 aliphatic rings. The highest BCUT2D eigenvalue weighted by Gasteiger charge is 2.39. The monoisotopic (exact) mass is 435 g/mol. The molecule has 2 aromatic carbocycles. The first kappa shape index (κ1) is 21.6. The molecule has 3 aromatic rings. The molecule has 0 aliphatic carbocycles. The Kier molecular flexibility index (Phi) is 6.23. The summed E-state index contributed by atoms with van der Waals surface area (Å²) in [6, 6.07) is 11.6. The predicted molar refractivity (Wildman–Crippen MR) is 120 cm³/mol. The van der Waals surface area contributed by atoms with Crippen molar-refractivity contribution in [1.29, 1.82) is 0 Å². The van der Waals surface area contributed by atoms with E-state index in [-0.39, 0.29) is 24.8 Å². The summed E-state index contributed by atoms with van der Waals surface area (Å²) in [6.45, 7) is 2.56. The summed E-state index contributed by atoms with van der Waals surface area (Å²) >= 11 is 0. The summed E-state index contributed by atoms with van der Waals surface area (Å²) < 4.78 is 10.3. The number of H-pyrrole nitrogens is 1. The van der Waals surface area contributed by atoms with Crippen LogP contribution < -0.4 is 15.0 Å². The first-order valence-electron chi connectivity index (χ1n) is 10.5. The lowest BCUT2D eigenvalue weighted by molar-refractivity contribution is -0.121. The zero-order valence-corrected chi connectivity index (χ0v) is 18.0. The van der Waals surface area contributed by atoms with Crippen LogP contribution in [0.1, 0.15) is 29.3 Å². The van der Waals surface area contributed by atoms with Gasteiger partial charge in [-0.2, -0.15) is 0 Å². The van der Waals surface area contributed by atoms with E-state index in [0.29, 0.717) is 24.2 Å². The van der Waals surface area contributed by atoms with Crippen LogP contribution >= 0.6 is 0 Å². The largest absolute Gasteiger partial charge is 0.497 e. The molecule has 8 nitrogen and oxygen atoms in total. The summed E-state index contributed by atoms with van der Waals surface area (Å²) in [5.74, 6) is -0.215. The summed E-state index contributed by atoms with van der Waals surface area (Å²) in [6.07, 6.45) is 2.74. The van der Waals surface area contributed by atoms with Crippen molar-refractivity contribution in [2.45, 2.75) is 25.8 Å². The highest BCUT2D eigenvalue weighted by atomic mass is 16.5. The number of anilines is 1. The normalized spacial score (nSPS) is 16.1. The maximum Gasteiger partial charge on any atom is 0.338 e. The minimum Gasteiger partial charge on any atom is -0.497 e. The van der Waals surface area contributed by atoms with Gasteiger partial charge in [0.2, 0.25) is 5.91 Å². The lowest BCUT2D eigenvalue weighted by Gasteiger charge is -2.16. The molecule has 2 heterocycles. The molecule has 0 bridgehead atoms. The Morgan fingerprint density at radius 2 is 1.97 bits per heavy atom. The second-order valence-electron chi connectivity index (χ2n) is 7.52. The third-order valence-electron chi connectivity index (χ3n) is 5.54. The summed E-state index contributed by atoms with van der Waals surface area (Å²) in [5.41, 5.74) is 2.95. The number of rotatable bonds is 8. The molecular weight excluding hydrogens is 410 g/mol. The smallest absolute Gasteiger partial charge is 0.338 e. The second kappa shape index (κ2) is 9.23. The zero-order valence-electron chi connectivity index (χ0n) is 18.0. The molecule has 2 amide bonds. The van der Waals surface area contributed by atoms with Crippen molar-refractivity contribution in [1.82, 2.24) is 10.3 Å². The SMILES string of the molecule is CCOC(=O)c1ccc(N2C(=O)CC(NCCc3c[nH]c4ccc(OC)cc34)C2=O)cc1. The number of hydrogen-bond donors (Lipinski definition) is 2. The lowest BCUT2D eigenvalue weighted by atomic mass is 10.1. The molecule has 1 fully saturated rings. The van der Waals surface area contributed by atoms with Crippen LogP contribution in [0.2, 0.25) is 0 Å². The maximum absolute atomic E-state index is 12.9. The number of carbonyl (C=O) groups is 3. The highest BCUT2D eigenvalue weighted by molar-refractivity contribution is 6.22. The first-order valence-corrected chi connectivity index (χ1v) is 10.5. The van der Waals surface area contributed by atoms with Gasteiger partial charge in [0.15, 0.2) is 0 Å². The van der Waals surface area contributed by atoms with Crippen LogP contribution in [0.3, 0.4) is 0 Å². The summed E-state index contributed by atoms with van der Waals surface area (Å²) in [7, 11) is 1.63. The van der Waals surface area contributed by atoms with Crippen molar-refractivity contribution in [3.63, 3.8) is 0 Å². The Morgan fingerprint density at radius 3 is 2.69 bits per heavy atom. The van der Waals surface area contributed by atoms with E-state index in [1.165, 1.54) is 4.90 Å². The van der Waals surface area contributed by atoms with E-state index < -0.39 is 12.0 Å². The van der Waals surface area contributed by atoms with Gasteiger partial charge in [0.05, 0.1) is 37.4 Å². The Hall–Kier alpha value is -3.65. The number of nitrogens with one attached hydrogen (secondary N) is 2. The molecule has 1 saturated heterocycles. The van der Waals surface area contributed by atoms with Gasteiger partial charge >= 0.3 is 5.97 Å². The Morgan fingerprint density at radius 1 is 1.19 bits per heavy atom. The van der Waals surface area contributed by atoms with Crippen LogP contribution in [0.15, 0.2) is 48.7 Å². The van der Waals surface area contributed by atoms with Crippen LogP contribution in [-0.4, -0.2) is 49.1 Å². The van der Waals surface area contributed by atoms with Gasteiger partial charge in [-0.25, -0.2) is 9.69 Å². The maximum atomic E-state index is 12.9. The van der Waals surface area contributed by atoms with Crippen molar-refractivity contribution in [2.24, 2.45) is 0 Å². The van der Waals surface area contributed by atoms with Crippen molar-refractivity contribution >= 4 is 34.4 Å². The number of amides is 2. The molecule has 1 unspecified atom stereocenters. The van der Waals surface area contributed by atoms with E-state index >= 15 is 0 Å². The van der Waals surface area contributed by atoms with Gasteiger partial charge < -0.3 is 19.8 Å². The molecule has 4 rings (SSSR count). The van der Waals surface area contributed by atoms with Gasteiger partial charge in [-0.3, -0.25) is 9.59 Å². The molecule has 1 atom stereocenters. The topological polar surface area (TPSA) is 101 Å². The average Bonchev–Trinajstić information content (AvgIpc) is 3.33. The van der Waals surface area contributed by atoms with Crippen LogP contribution in [0.5, 0.6) is 5.75 Å². The molecule has 32 heavy (non-hydrogen) atoms. The summed E-state index contributed by atoms with van der Waals surface area (Å²) in [5, 5.41) is 4.28. The second-order valence-corrected chi connectivity index (χ2v) is 7.52. The van der Waals surface area contributed by atoms with Gasteiger partial charge in [-0.15, -0.1) is 0 Å². The molecule has 1 aliphatic heterocycles. The van der Waals surface area contributed by atoms with Crippen molar-refractivity contribution in [2.75, 3.05) is 25.2 Å². The molecular formula is C24H25N3O5. The van der Waals surface area contributed by atoms with Crippen LogP contribution in [0, 0.1) is 0 Å². The van der Waals surface area contributed by atoms with Gasteiger partial charge in [0.25, 0.3) is 5.91 Å². The van der Waals surface area contributed by atoms with Gasteiger partial charge in [0, 0.05) is 23.6 Å². The molecule has 0 spiro atoms. The number of aromatic amines is 1. The van der Waals surface area contributed by atoms with E-state index in [1.807, 2.05) is 24.4 Å². The number of benzene rings is 2. The molecule has 166 valence electrons. The molecule has 8 heteroatoms. The standard InChI is InChI=1S/C24H25N3O5/c1-3-32-24(30)15-4-6-17(7-5-15)27-22(28)13-21(23(27)29)25-11-10-16-14-26-20-9-8-18(31-2)12-19(16)20/h4-9,12,14,21,25-26H,3,10-11,13H2,1-2H3. The van der Waals surface area contributed by atoms with E-state index in [1.54, 1.807) is 38.3 Å². The number of imide groups is 1. The van der Waals surface area contributed by atoms with E-state index in [2.05, 4.69) is 10.3 Å². The zero-order chi connectivity index (χ0) is 22.7. The quantitative estimate of drug-likeness (QED) is 0.417. The van der Waals surface area contributed by atoms with Gasteiger partial charge in [0.1, 0.15) is 5.75 Å². The fraction of sp³-hybridized carbons (Fsp3) is 0.292. The third-order valence-corrected chi connectivity index (χ3v) is 5.54. The number of fused-ring (bicyclic) bond motifs is 1. The van der Waals surface area contributed by atoms with E-state index in [4.69, 9.17) is 9.47 Å². The summed E-state index contributed by atoms with van der Waals surface area (Å²) in [4.78, 5) is 41.6. The van der Waals surface area contributed by atoms with Gasteiger partial charge in [-0.05, 0) is 61.4 Å². The number of carbonyl (C=O) groups excluding carboxylic acids is 3. The number of aromatic nitrogens is 1. The molecule has 0 saturated carbocycles. The number of esters is 1. The highest BCUT2D eigenvalue weighted by Crippen LogP contribution is 2.25. The third kappa shape index (κ3) is 4.22. The Balaban J connectivity index is 1.39. The predicted octanol–water partition coefficient (Wildman–Crippen LogP) is 2.82. The number of nitrogens with zero attached hydrogens (tertiary/aromatic N) is 1. The van der Waals surface area contributed by atoms with Crippen molar-refractivity contribution < 1.29 is 23.9 Å². The van der Waals surface area contributed by atoms with E-state index in [0.717, 1.165) is 22.2 Å². The fourth-order valence-corrected chi connectivity index (χ4v) is 3.90. The minimum absolute atomic E-state index is 0.0974. The lowest BCUT2D eigenvalue weighted by Crippen LogP contribution is -2.39. The number of methoxy groups -OCH3 is 1. The molecule has 0 radical (unpaired) electrons. The van der Waals surface area contributed by atoms with Gasteiger partial charge in [-0.1, -0.05) is 0 Å². The minimum atomic E-state index is -0.577. The van der Waals surface area contributed by atoms with Crippen LogP contribution in [0.4, 0.5) is 5.69 Å². The first-order chi connectivity index (χ1) is 15.5. The van der Waals surface area contributed by atoms with Crippen molar-refractivity contribution in [3.05, 3.63) is 59.8 Å². The number of ether oxygens (including phenoxy) is 2. The fourth-order valence-electron chi connectivity index (χ4n) is 3.90. The van der Waals surface area contributed by atoms with Crippen LogP contribution in [0.25, 0.3) is 10.9 Å². The Labute approximate surface area is 185 Å². The Bertz CT molecular complexity index is 1150. The van der Waals surface area contributed by atoms with E-state index in [9.17, 15) is 14.4 Å². The number of hydrogen-bond acceptors (Lipinski definition) is 6. The van der Waals surface area contributed by atoms with Crippen LogP contribution in [-0.2, 0) is 20.7 Å². The average molecular weight is 435 g/mol.